The summed E-state index contributed by atoms with van der Waals surface area (Å²) in [7, 11) is 0. The van der Waals surface area contributed by atoms with Crippen LogP contribution < -0.4 is 5.32 Å². The molecule has 7 nitrogen and oxygen atoms in total. The van der Waals surface area contributed by atoms with Crippen molar-refractivity contribution in [3.63, 3.8) is 0 Å². The fraction of sp³-hybridized carbons (Fsp3) is 0.368. The third-order valence-corrected chi connectivity index (χ3v) is 4.48. The number of amides is 2. The van der Waals surface area contributed by atoms with Crippen molar-refractivity contribution in [3.8, 4) is 0 Å². The molecule has 3 rings (SSSR count). The number of piperazine rings is 1. The maximum Gasteiger partial charge on any atom is 0.272 e. The standard InChI is InChI=1S/C19H23N5O2/c1-13-6-4-5-7-16(13)22-18-12-17(20-14(2)21-18)19(26)24-10-8-23(9-11-24)15(3)25/h4-7,12H,8-11H2,1-3H3,(H,20,21,22). The number of nitrogens with one attached hydrogen (secondary N) is 1. The van der Waals surface area contributed by atoms with Crippen LogP contribution in [0.5, 0.6) is 0 Å². The van der Waals surface area contributed by atoms with Gasteiger partial charge in [0.25, 0.3) is 5.91 Å². The van der Waals surface area contributed by atoms with Gasteiger partial charge in [0.1, 0.15) is 17.3 Å². The van der Waals surface area contributed by atoms with Crippen LogP contribution in [0.2, 0.25) is 0 Å². The molecule has 26 heavy (non-hydrogen) atoms. The Hall–Kier alpha value is -2.96. The van der Waals surface area contributed by atoms with Gasteiger partial charge >= 0.3 is 0 Å². The molecule has 0 spiro atoms. The second-order valence-corrected chi connectivity index (χ2v) is 6.42. The number of benzene rings is 1. The van der Waals surface area contributed by atoms with Gasteiger partial charge in [-0.3, -0.25) is 9.59 Å². The molecule has 1 fully saturated rings. The Morgan fingerprint density at radius 3 is 2.31 bits per heavy atom. The average Bonchev–Trinajstić information content (AvgIpc) is 2.62. The highest BCUT2D eigenvalue weighted by atomic mass is 16.2. The average molecular weight is 353 g/mol. The van der Waals surface area contributed by atoms with Crippen LogP contribution in [0.4, 0.5) is 11.5 Å². The van der Waals surface area contributed by atoms with Crippen molar-refractivity contribution in [2.45, 2.75) is 20.8 Å². The molecule has 0 bridgehead atoms. The van der Waals surface area contributed by atoms with Gasteiger partial charge in [-0.25, -0.2) is 9.97 Å². The van der Waals surface area contributed by atoms with Gasteiger partial charge in [0.15, 0.2) is 0 Å². The second kappa shape index (κ2) is 7.51. The summed E-state index contributed by atoms with van der Waals surface area (Å²) in [4.78, 5) is 36.4. The number of carbonyl (C=O) groups excluding carboxylic acids is 2. The molecular weight excluding hydrogens is 330 g/mol. The number of nitrogens with zero attached hydrogens (tertiary/aromatic N) is 4. The normalized spacial score (nSPS) is 14.3. The summed E-state index contributed by atoms with van der Waals surface area (Å²) in [6, 6.07) is 9.58. The summed E-state index contributed by atoms with van der Waals surface area (Å²) in [5.74, 6) is 1.04. The topological polar surface area (TPSA) is 78.4 Å². The molecule has 136 valence electrons. The fourth-order valence-corrected chi connectivity index (χ4v) is 2.98. The molecule has 0 unspecified atom stereocenters. The molecule has 0 saturated carbocycles. The summed E-state index contributed by atoms with van der Waals surface area (Å²) in [5, 5.41) is 3.26. The van der Waals surface area contributed by atoms with Gasteiger partial charge < -0.3 is 15.1 Å². The van der Waals surface area contributed by atoms with Crippen molar-refractivity contribution < 1.29 is 9.59 Å². The van der Waals surface area contributed by atoms with E-state index in [1.54, 1.807) is 29.7 Å². The lowest BCUT2D eigenvalue weighted by molar-refractivity contribution is -0.130. The quantitative estimate of drug-likeness (QED) is 0.915. The Labute approximate surface area is 153 Å². The Bertz CT molecular complexity index is 828. The Morgan fingerprint density at radius 2 is 1.65 bits per heavy atom. The van der Waals surface area contributed by atoms with Gasteiger partial charge in [-0.2, -0.15) is 0 Å². The zero-order valence-electron chi connectivity index (χ0n) is 15.3. The number of hydrogen-bond acceptors (Lipinski definition) is 5. The minimum atomic E-state index is -0.133. The third-order valence-electron chi connectivity index (χ3n) is 4.48. The first kappa shape index (κ1) is 17.8. The van der Waals surface area contributed by atoms with E-state index < -0.39 is 0 Å². The van der Waals surface area contributed by atoms with Crippen molar-refractivity contribution in [2.24, 2.45) is 0 Å². The van der Waals surface area contributed by atoms with E-state index in [-0.39, 0.29) is 11.8 Å². The molecule has 0 atom stereocenters. The van der Waals surface area contributed by atoms with Crippen LogP contribution in [-0.4, -0.2) is 57.8 Å². The lowest BCUT2D eigenvalue weighted by Gasteiger charge is -2.34. The van der Waals surface area contributed by atoms with E-state index >= 15 is 0 Å². The van der Waals surface area contributed by atoms with Gasteiger partial charge in [0.2, 0.25) is 5.91 Å². The molecule has 2 amide bonds. The number of hydrogen-bond donors (Lipinski definition) is 1. The molecule has 1 aliphatic rings. The van der Waals surface area contributed by atoms with E-state index in [0.717, 1.165) is 11.3 Å². The molecule has 2 heterocycles. The molecule has 2 aromatic rings. The first-order chi connectivity index (χ1) is 12.4. The molecule has 1 aliphatic heterocycles. The first-order valence-electron chi connectivity index (χ1n) is 8.67. The van der Waals surface area contributed by atoms with Crippen molar-refractivity contribution in [2.75, 3.05) is 31.5 Å². The number of anilines is 2. The van der Waals surface area contributed by atoms with Crippen LogP contribution in [0.3, 0.4) is 0 Å². The first-order valence-corrected chi connectivity index (χ1v) is 8.67. The van der Waals surface area contributed by atoms with E-state index in [0.29, 0.717) is 43.5 Å². The molecule has 1 saturated heterocycles. The van der Waals surface area contributed by atoms with Gasteiger partial charge in [0, 0.05) is 44.9 Å². The summed E-state index contributed by atoms with van der Waals surface area (Å²) in [5.41, 5.74) is 2.40. The van der Waals surface area contributed by atoms with E-state index in [1.165, 1.54) is 0 Å². The van der Waals surface area contributed by atoms with E-state index in [1.807, 2.05) is 31.2 Å². The van der Waals surface area contributed by atoms with Gasteiger partial charge in [0.05, 0.1) is 0 Å². The summed E-state index contributed by atoms with van der Waals surface area (Å²) in [6.45, 7) is 7.47. The van der Waals surface area contributed by atoms with E-state index in [4.69, 9.17) is 0 Å². The van der Waals surface area contributed by atoms with Gasteiger partial charge in [-0.15, -0.1) is 0 Å². The summed E-state index contributed by atoms with van der Waals surface area (Å²) in [6.07, 6.45) is 0. The predicted octanol–water partition coefficient (Wildman–Crippen LogP) is 2.14. The molecule has 1 aromatic carbocycles. The van der Waals surface area contributed by atoms with Crippen molar-refractivity contribution in [1.82, 2.24) is 19.8 Å². The highest BCUT2D eigenvalue weighted by Crippen LogP contribution is 2.20. The lowest BCUT2D eigenvalue weighted by atomic mass is 10.2. The Morgan fingerprint density at radius 1 is 1.00 bits per heavy atom. The summed E-state index contributed by atoms with van der Waals surface area (Å²) < 4.78 is 0. The Kier molecular flexibility index (Phi) is 5.16. The predicted molar refractivity (Wildman–Crippen MR) is 99.4 cm³/mol. The SMILES string of the molecule is CC(=O)N1CCN(C(=O)c2cc(Nc3ccccc3C)nc(C)n2)CC1. The molecular formula is C19H23N5O2. The minimum Gasteiger partial charge on any atom is -0.340 e. The number of aryl methyl sites for hydroxylation is 2. The maximum absolute atomic E-state index is 12.8. The highest BCUT2D eigenvalue weighted by molar-refractivity contribution is 5.93. The summed E-state index contributed by atoms with van der Waals surface area (Å²) >= 11 is 0. The van der Waals surface area contributed by atoms with E-state index in [2.05, 4.69) is 15.3 Å². The number of carbonyl (C=O) groups is 2. The molecule has 1 aromatic heterocycles. The zero-order valence-corrected chi connectivity index (χ0v) is 15.3. The van der Waals surface area contributed by atoms with Crippen LogP contribution in [0.15, 0.2) is 30.3 Å². The van der Waals surface area contributed by atoms with Crippen LogP contribution in [0.25, 0.3) is 0 Å². The molecule has 0 aliphatic carbocycles. The van der Waals surface area contributed by atoms with E-state index in [9.17, 15) is 9.59 Å². The molecule has 7 heteroatoms. The highest BCUT2D eigenvalue weighted by Gasteiger charge is 2.24. The van der Waals surface area contributed by atoms with Crippen molar-refractivity contribution >= 4 is 23.3 Å². The lowest BCUT2D eigenvalue weighted by Crippen LogP contribution is -2.50. The largest absolute Gasteiger partial charge is 0.340 e. The molecule has 0 radical (unpaired) electrons. The fourth-order valence-electron chi connectivity index (χ4n) is 2.98. The van der Waals surface area contributed by atoms with Crippen molar-refractivity contribution in [3.05, 3.63) is 47.4 Å². The third kappa shape index (κ3) is 3.99. The van der Waals surface area contributed by atoms with Crippen LogP contribution in [0.1, 0.15) is 28.8 Å². The number of aromatic nitrogens is 2. The van der Waals surface area contributed by atoms with Crippen LogP contribution >= 0.6 is 0 Å². The van der Waals surface area contributed by atoms with Crippen LogP contribution in [0, 0.1) is 13.8 Å². The smallest absolute Gasteiger partial charge is 0.272 e. The number of para-hydroxylation sites is 1. The van der Waals surface area contributed by atoms with Crippen molar-refractivity contribution in [1.29, 1.82) is 0 Å². The number of rotatable bonds is 3. The monoisotopic (exact) mass is 353 g/mol. The van der Waals surface area contributed by atoms with Crippen LogP contribution in [-0.2, 0) is 4.79 Å². The zero-order chi connectivity index (χ0) is 18.7. The van der Waals surface area contributed by atoms with Gasteiger partial charge in [-0.05, 0) is 25.5 Å². The maximum atomic E-state index is 12.8. The second-order valence-electron chi connectivity index (χ2n) is 6.42. The van der Waals surface area contributed by atoms with Gasteiger partial charge in [-0.1, -0.05) is 18.2 Å². The molecule has 1 N–H and O–H groups in total. The minimum absolute atomic E-state index is 0.0414. The Balaban J connectivity index is 1.76.